The number of hydrogen-bond donors (Lipinski definition) is 1. The molecule has 118 valence electrons. The topological polar surface area (TPSA) is 36.9 Å². The molecule has 0 aliphatic heterocycles. The number of guanidine groups is 1. The molecular formula is C16H26FN3O. The quantitative estimate of drug-likeness (QED) is 0.477. The Balaban J connectivity index is 2.36. The average Bonchev–Trinajstić information content (AvgIpc) is 2.45. The van der Waals surface area contributed by atoms with Crippen molar-refractivity contribution < 1.29 is 9.13 Å². The molecule has 0 heterocycles. The number of rotatable bonds is 7. The lowest BCUT2D eigenvalue weighted by Crippen LogP contribution is -2.40. The highest BCUT2D eigenvalue weighted by Gasteiger charge is 2.06. The van der Waals surface area contributed by atoms with Gasteiger partial charge in [-0.05, 0) is 23.6 Å². The molecule has 1 aromatic carbocycles. The molecule has 0 spiro atoms. The van der Waals surface area contributed by atoms with Gasteiger partial charge >= 0.3 is 0 Å². The second kappa shape index (κ2) is 9.34. The SMILES string of the molecule is CN=C(NCCOCC(C)C)N(C)Cc1ccc(F)cc1. The zero-order valence-corrected chi connectivity index (χ0v) is 13.4. The minimum absolute atomic E-state index is 0.216. The van der Waals surface area contributed by atoms with E-state index in [1.54, 1.807) is 19.2 Å². The first-order chi connectivity index (χ1) is 10.0. The summed E-state index contributed by atoms with van der Waals surface area (Å²) in [4.78, 5) is 6.23. The first-order valence-corrected chi connectivity index (χ1v) is 7.27. The maximum absolute atomic E-state index is 12.9. The van der Waals surface area contributed by atoms with E-state index in [1.165, 1.54) is 12.1 Å². The van der Waals surface area contributed by atoms with Crippen molar-refractivity contribution in [1.82, 2.24) is 10.2 Å². The van der Waals surface area contributed by atoms with E-state index in [4.69, 9.17) is 4.74 Å². The van der Waals surface area contributed by atoms with E-state index in [0.29, 0.717) is 25.6 Å². The summed E-state index contributed by atoms with van der Waals surface area (Å²) in [6, 6.07) is 6.51. The molecule has 21 heavy (non-hydrogen) atoms. The van der Waals surface area contributed by atoms with Gasteiger partial charge in [0.1, 0.15) is 5.82 Å². The summed E-state index contributed by atoms with van der Waals surface area (Å²) in [5.41, 5.74) is 1.04. The van der Waals surface area contributed by atoms with Gasteiger partial charge in [-0.25, -0.2) is 4.39 Å². The minimum Gasteiger partial charge on any atom is -0.379 e. The van der Waals surface area contributed by atoms with Crippen LogP contribution in [0, 0.1) is 11.7 Å². The van der Waals surface area contributed by atoms with Crippen LogP contribution in [0.2, 0.25) is 0 Å². The van der Waals surface area contributed by atoms with Gasteiger partial charge in [0.25, 0.3) is 0 Å². The van der Waals surface area contributed by atoms with Crippen LogP contribution in [0.25, 0.3) is 0 Å². The van der Waals surface area contributed by atoms with Crippen LogP contribution >= 0.6 is 0 Å². The Bertz CT molecular complexity index is 432. The lowest BCUT2D eigenvalue weighted by Gasteiger charge is -2.22. The number of halogens is 1. The first kappa shape index (κ1) is 17.4. The Kier molecular flexibility index (Phi) is 7.75. The third-order valence-corrected chi connectivity index (χ3v) is 2.89. The van der Waals surface area contributed by atoms with Crippen molar-refractivity contribution in [1.29, 1.82) is 0 Å². The highest BCUT2D eigenvalue weighted by atomic mass is 19.1. The molecule has 0 amide bonds. The van der Waals surface area contributed by atoms with Gasteiger partial charge < -0.3 is 15.0 Å². The Morgan fingerprint density at radius 3 is 2.57 bits per heavy atom. The summed E-state index contributed by atoms with van der Waals surface area (Å²) in [7, 11) is 3.70. The largest absolute Gasteiger partial charge is 0.379 e. The molecule has 0 saturated carbocycles. The van der Waals surface area contributed by atoms with Crippen molar-refractivity contribution >= 4 is 5.96 Å². The van der Waals surface area contributed by atoms with Crippen molar-refractivity contribution in [3.8, 4) is 0 Å². The van der Waals surface area contributed by atoms with Gasteiger partial charge in [-0.2, -0.15) is 0 Å². The van der Waals surface area contributed by atoms with Crippen molar-refractivity contribution in [2.75, 3.05) is 33.9 Å². The van der Waals surface area contributed by atoms with Crippen LogP contribution < -0.4 is 5.32 Å². The van der Waals surface area contributed by atoms with E-state index in [0.717, 1.165) is 18.1 Å². The van der Waals surface area contributed by atoms with E-state index >= 15 is 0 Å². The number of benzene rings is 1. The predicted molar refractivity (Wildman–Crippen MR) is 84.9 cm³/mol. The predicted octanol–water partition coefficient (Wildman–Crippen LogP) is 2.51. The molecule has 0 unspecified atom stereocenters. The van der Waals surface area contributed by atoms with E-state index in [9.17, 15) is 4.39 Å². The summed E-state index contributed by atoms with van der Waals surface area (Å²) in [6.45, 7) is 7.07. The fraction of sp³-hybridized carbons (Fsp3) is 0.562. The fourth-order valence-corrected chi connectivity index (χ4v) is 1.88. The van der Waals surface area contributed by atoms with Crippen LogP contribution in [0.15, 0.2) is 29.3 Å². The number of nitrogens with zero attached hydrogens (tertiary/aromatic N) is 2. The minimum atomic E-state index is -0.216. The monoisotopic (exact) mass is 295 g/mol. The zero-order chi connectivity index (χ0) is 15.7. The second-order valence-corrected chi connectivity index (χ2v) is 5.43. The summed E-state index contributed by atoms with van der Waals surface area (Å²) in [5, 5.41) is 3.25. The lowest BCUT2D eigenvalue weighted by atomic mass is 10.2. The molecule has 1 N–H and O–H groups in total. The Labute approximate surface area is 127 Å². The molecule has 4 nitrogen and oxygen atoms in total. The third kappa shape index (κ3) is 7.09. The zero-order valence-electron chi connectivity index (χ0n) is 13.4. The van der Waals surface area contributed by atoms with E-state index < -0.39 is 0 Å². The average molecular weight is 295 g/mol. The van der Waals surface area contributed by atoms with Crippen LogP contribution in [0.5, 0.6) is 0 Å². The third-order valence-electron chi connectivity index (χ3n) is 2.89. The number of hydrogen-bond acceptors (Lipinski definition) is 2. The summed E-state index contributed by atoms with van der Waals surface area (Å²) in [6.07, 6.45) is 0. The number of aliphatic imine (C=N–C) groups is 1. The normalized spacial score (nSPS) is 11.8. The van der Waals surface area contributed by atoms with Crippen molar-refractivity contribution in [2.24, 2.45) is 10.9 Å². The van der Waals surface area contributed by atoms with Crippen molar-refractivity contribution in [3.05, 3.63) is 35.6 Å². The van der Waals surface area contributed by atoms with Crippen LogP contribution in [0.4, 0.5) is 4.39 Å². The first-order valence-electron chi connectivity index (χ1n) is 7.27. The molecule has 0 aromatic heterocycles. The standard InChI is InChI=1S/C16H26FN3O/c1-13(2)12-21-10-9-19-16(18-3)20(4)11-14-5-7-15(17)8-6-14/h5-8,13H,9-12H2,1-4H3,(H,18,19). The Morgan fingerprint density at radius 2 is 2.00 bits per heavy atom. The summed E-state index contributed by atoms with van der Waals surface area (Å²) < 4.78 is 18.4. The van der Waals surface area contributed by atoms with Crippen LogP contribution in [0.3, 0.4) is 0 Å². The fourth-order valence-electron chi connectivity index (χ4n) is 1.88. The maximum atomic E-state index is 12.9. The van der Waals surface area contributed by atoms with Crippen molar-refractivity contribution in [3.63, 3.8) is 0 Å². The second-order valence-electron chi connectivity index (χ2n) is 5.43. The van der Waals surface area contributed by atoms with Crippen LogP contribution in [0.1, 0.15) is 19.4 Å². The Hall–Kier alpha value is -1.62. The van der Waals surface area contributed by atoms with Gasteiger partial charge in [-0.15, -0.1) is 0 Å². The summed E-state index contributed by atoms with van der Waals surface area (Å²) >= 11 is 0. The number of ether oxygens (including phenoxy) is 1. The lowest BCUT2D eigenvalue weighted by molar-refractivity contribution is 0.114. The van der Waals surface area contributed by atoms with E-state index in [1.807, 2.05) is 11.9 Å². The Morgan fingerprint density at radius 1 is 1.33 bits per heavy atom. The maximum Gasteiger partial charge on any atom is 0.193 e. The molecule has 1 aromatic rings. The molecule has 0 radical (unpaired) electrons. The van der Waals surface area contributed by atoms with Gasteiger partial charge in [-0.1, -0.05) is 26.0 Å². The molecule has 1 rings (SSSR count). The highest BCUT2D eigenvalue weighted by molar-refractivity contribution is 5.79. The van der Waals surface area contributed by atoms with Gasteiger partial charge in [0.2, 0.25) is 0 Å². The van der Waals surface area contributed by atoms with E-state index in [-0.39, 0.29) is 5.82 Å². The highest BCUT2D eigenvalue weighted by Crippen LogP contribution is 2.05. The van der Waals surface area contributed by atoms with Gasteiger partial charge in [0.15, 0.2) is 5.96 Å². The molecule has 0 atom stereocenters. The molecule has 0 bridgehead atoms. The van der Waals surface area contributed by atoms with E-state index in [2.05, 4.69) is 24.2 Å². The molecule has 0 fully saturated rings. The van der Waals surface area contributed by atoms with Crippen LogP contribution in [-0.4, -0.2) is 44.7 Å². The smallest absolute Gasteiger partial charge is 0.193 e. The molecule has 0 saturated heterocycles. The van der Waals surface area contributed by atoms with Crippen molar-refractivity contribution in [2.45, 2.75) is 20.4 Å². The van der Waals surface area contributed by atoms with Gasteiger partial charge in [0, 0.05) is 33.8 Å². The molecular weight excluding hydrogens is 269 g/mol. The molecule has 0 aliphatic rings. The van der Waals surface area contributed by atoms with Crippen LogP contribution in [-0.2, 0) is 11.3 Å². The molecule has 5 heteroatoms. The molecule has 0 aliphatic carbocycles. The van der Waals surface area contributed by atoms with Gasteiger partial charge in [-0.3, -0.25) is 4.99 Å². The summed E-state index contributed by atoms with van der Waals surface area (Å²) in [5.74, 6) is 1.13. The number of nitrogens with one attached hydrogen (secondary N) is 1. The van der Waals surface area contributed by atoms with Gasteiger partial charge in [0.05, 0.1) is 6.61 Å².